The molecule has 0 aliphatic carbocycles. The third kappa shape index (κ3) is 6.06. The van der Waals surface area contributed by atoms with Crippen molar-refractivity contribution in [2.24, 2.45) is 5.92 Å². The maximum atomic E-state index is 14.5. The number of aromatic nitrogens is 4. The van der Waals surface area contributed by atoms with Crippen LogP contribution in [0.25, 0.3) is 11.3 Å². The second kappa shape index (κ2) is 11.8. The molecule has 0 bridgehead atoms. The van der Waals surface area contributed by atoms with Crippen LogP contribution >= 0.6 is 0 Å². The Morgan fingerprint density at radius 2 is 1.78 bits per heavy atom. The lowest BCUT2D eigenvalue weighted by Gasteiger charge is -2.22. The highest BCUT2D eigenvalue weighted by atomic mass is 19.1. The van der Waals surface area contributed by atoms with E-state index in [1.807, 2.05) is 6.07 Å². The van der Waals surface area contributed by atoms with Crippen LogP contribution in [0.4, 0.5) is 14.6 Å². The molecule has 1 atom stereocenters. The number of nitrogens with one attached hydrogen (secondary N) is 2. The quantitative estimate of drug-likeness (QED) is 0.277. The minimum Gasteiger partial charge on any atom is -0.417 e. The third-order valence-electron chi connectivity index (χ3n) is 6.70. The SMILES string of the molecule is CNc1ncc(-c2ccccc2)n(CC(=O)NC(C(=O)c2nnc(C(C)(C)c3ccc(F)cc3F)o2)C(C)C)c1=O. The molecule has 10 nitrogen and oxygen atoms in total. The summed E-state index contributed by atoms with van der Waals surface area (Å²) in [5, 5.41) is 13.2. The van der Waals surface area contributed by atoms with Crippen LogP contribution in [0.1, 0.15) is 49.8 Å². The van der Waals surface area contributed by atoms with Gasteiger partial charge in [0.05, 0.1) is 23.3 Å². The molecule has 1 unspecified atom stereocenters. The first kappa shape index (κ1) is 29.2. The van der Waals surface area contributed by atoms with Gasteiger partial charge in [-0.25, -0.2) is 13.8 Å². The molecule has 2 aromatic carbocycles. The smallest absolute Gasteiger partial charge is 0.294 e. The fraction of sp³-hybridized carbons (Fsp3) is 0.310. The van der Waals surface area contributed by atoms with E-state index in [0.29, 0.717) is 11.3 Å². The van der Waals surface area contributed by atoms with Gasteiger partial charge in [-0.15, -0.1) is 10.2 Å². The number of nitrogens with zero attached hydrogens (tertiary/aromatic N) is 4. The van der Waals surface area contributed by atoms with Crippen LogP contribution in [0.5, 0.6) is 0 Å². The Morgan fingerprint density at radius 3 is 2.41 bits per heavy atom. The van der Waals surface area contributed by atoms with Gasteiger partial charge in [0, 0.05) is 18.7 Å². The number of ketones is 1. The van der Waals surface area contributed by atoms with Crippen LogP contribution in [0.2, 0.25) is 0 Å². The molecule has 0 spiro atoms. The number of amides is 1. The Kier molecular flexibility index (Phi) is 8.41. The van der Waals surface area contributed by atoms with Gasteiger partial charge in [-0.3, -0.25) is 19.0 Å². The van der Waals surface area contributed by atoms with E-state index in [1.54, 1.807) is 59.0 Å². The van der Waals surface area contributed by atoms with E-state index in [0.717, 1.165) is 12.1 Å². The second-order valence-corrected chi connectivity index (χ2v) is 10.3. The molecule has 2 aromatic heterocycles. The molecule has 2 N–H and O–H groups in total. The number of rotatable bonds is 10. The van der Waals surface area contributed by atoms with E-state index in [9.17, 15) is 23.2 Å². The average molecular weight is 565 g/mol. The van der Waals surface area contributed by atoms with Gasteiger partial charge in [0.15, 0.2) is 5.82 Å². The van der Waals surface area contributed by atoms with Gasteiger partial charge in [-0.05, 0) is 31.4 Å². The van der Waals surface area contributed by atoms with Gasteiger partial charge < -0.3 is 15.1 Å². The lowest BCUT2D eigenvalue weighted by molar-refractivity contribution is -0.122. The monoisotopic (exact) mass is 564 g/mol. The van der Waals surface area contributed by atoms with Gasteiger partial charge in [0.1, 0.15) is 18.2 Å². The first-order valence-corrected chi connectivity index (χ1v) is 12.9. The zero-order valence-electron chi connectivity index (χ0n) is 23.2. The minimum atomic E-state index is -1.18. The van der Waals surface area contributed by atoms with E-state index < -0.39 is 40.3 Å². The van der Waals surface area contributed by atoms with Crippen molar-refractivity contribution in [2.75, 3.05) is 12.4 Å². The normalized spacial score (nSPS) is 12.3. The molecule has 214 valence electrons. The molecule has 0 saturated carbocycles. The number of carbonyl (C=O) groups is 2. The van der Waals surface area contributed by atoms with Crippen molar-refractivity contribution >= 4 is 17.5 Å². The number of halogens is 2. The predicted molar refractivity (Wildman–Crippen MR) is 147 cm³/mol. The molecule has 1 amide bonds. The second-order valence-electron chi connectivity index (χ2n) is 10.3. The fourth-order valence-electron chi connectivity index (χ4n) is 4.37. The number of Topliss-reactive ketones (excluding diaryl/α,β-unsaturated/α-hetero) is 1. The fourth-order valence-corrected chi connectivity index (χ4v) is 4.37. The number of anilines is 1. The highest BCUT2D eigenvalue weighted by Gasteiger charge is 2.35. The number of hydrogen-bond donors (Lipinski definition) is 2. The van der Waals surface area contributed by atoms with Gasteiger partial charge in [-0.2, -0.15) is 0 Å². The Morgan fingerprint density at radius 1 is 1.07 bits per heavy atom. The number of hydrogen-bond acceptors (Lipinski definition) is 8. The van der Waals surface area contributed by atoms with Crippen molar-refractivity contribution in [3.05, 3.63) is 94.1 Å². The van der Waals surface area contributed by atoms with Crippen molar-refractivity contribution in [2.45, 2.75) is 45.7 Å². The molecule has 41 heavy (non-hydrogen) atoms. The summed E-state index contributed by atoms with van der Waals surface area (Å²) >= 11 is 0. The summed E-state index contributed by atoms with van der Waals surface area (Å²) < 4.78 is 34.8. The summed E-state index contributed by atoms with van der Waals surface area (Å²) in [5.41, 5.74) is -0.473. The highest BCUT2D eigenvalue weighted by molar-refractivity contribution is 5.98. The molecular formula is C29H30F2N6O4. The highest BCUT2D eigenvalue weighted by Crippen LogP contribution is 2.32. The Balaban J connectivity index is 1.58. The molecule has 0 saturated heterocycles. The van der Waals surface area contributed by atoms with Crippen LogP contribution in [0.15, 0.2) is 63.9 Å². The Labute approximate surface area is 234 Å². The van der Waals surface area contributed by atoms with E-state index >= 15 is 0 Å². The third-order valence-corrected chi connectivity index (χ3v) is 6.70. The zero-order chi connectivity index (χ0) is 29.9. The number of carbonyl (C=O) groups excluding carboxylic acids is 2. The van der Waals surface area contributed by atoms with E-state index in [2.05, 4.69) is 25.8 Å². The Hall–Kier alpha value is -4.74. The van der Waals surface area contributed by atoms with Crippen molar-refractivity contribution in [1.82, 2.24) is 25.1 Å². The zero-order valence-corrected chi connectivity index (χ0v) is 23.2. The standard InChI is InChI=1S/C29H30F2N6O4/c1-16(2)23(24(39)26-35-36-28(41-26)29(3,4)19-12-11-18(30)13-20(19)31)34-22(38)15-37-21(17-9-7-6-8-10-17)14-33-25(32-5)27(37)40/h6-14,16,23H,15H2,1-5H3,(H,32,33)(H,34,38). The number of benzene rings is 2. The van der Waals surface area contributed by atoms with Gasteiger partial charge in [0.2, 0.25) is 17.6 Å². The summed E-state index contributed by atoms with van der Waals surface area (Å²) in [5.74, 6) is -3.54. The van der Waals surface area contributed by atoms with E-state index in [4.69, 9.17) is 4.42 Å². The molecule has 2 heterocycles. The summed E-state index contributed by atoms with van der Waals surface area (Å²) in [6.07, 6.45) is 1.49. The minimum absolute atomic E-state index is 0.0596. The molecule has 0 aliphatic heterocycles. The summed E-state index contributed by atoms with van der Waals surface area (Å²) in [7, 11) is 1.55. The molecule has 0 aliphatic rings. The van der Waals surface area contributed by atoms with Crippen LogP contribution < -0.4 is 16.2 Å². The maximum absolute atomic E-state index is 14.5. The summed E-state index contributed by atoms with van der Waals surface area (Å²) in [4.78, 5) is 43.8. The molecule has 0 radical (unpaired) electrons. The van der Waals surface area contributed by atoms with Crippen molar-refractivity contribution in [1.29, 1.82) is 0 Å². The first-order chi connectivity index (χ1) is 19.4. The van der Waals surface area contributed by atoms with Gasteiger partial charge in [0.25, 0.3) is 11.4 Å². The predicted octanol–water partition coefficient (Wildman–Crippen LogP) is 3.96. The lowest BCUT2D eigenvalue weighted by Crippen LogP contribution is -2.46. The largest absolute Gasteiger partial charge is 0.417 e. The van der Waals surface area contributed by atoms with Crippen LogP contribution in [0, 0.1) is 17.6 Å². The van der Waals surface area contributed by atoms with Crippen molar-refractivity contribution in [3.63, 3.8) is 0 Å². The summed E-state index contributed by atoms with van der Waals surface area (Å²) in [6.45, 7) is 6.27. The molecule has 4 rings (SSSR count). The lowest BCUT2D eigenvalue weighted by atomic mass is 9.84. The topological polar surface area (TPSA) is 132 Å². The average Bonchev–Trinajstić information content (AvgIpc) is 3.44. The molecule has 12 heteroatoms. The molecule has 4 aromatic rings. The Bertz CT molecular complexity index is 1630. The van der Waals surface area contributed by atoms with Crippen molar-refractivity contribution in [3.8, 4) is 11.3 Å². The van der Waals surface area contributed by atoms with Crippen LogP contribution in [0.3, 0.4) is 0 Å². The maximum Gasteiger partial charge on any atom is 0.294 e. The van der Waals surface area contributed by atoms with Crippen molar-refractivity contribution < 1.29 is 22.8 Å². The molecular weight excluding hydrogens is 534 g/mol. The van der Waals surface area contributed by atoms with Crippen LogP contribution in [-0.4, -0.2) is 44.5 Å². The van der Waals surface area contributed by atoms with E-state index in [-0.39, 0.29) is 35.6 Å². The molecule has 0 fully saturated rings. The van der Waals surface area contributed by atoms with Crippen LogP contribution in [-0.2, 0) is 16.8 Å². The van der Waals surface area contributed by atoms with E-state index in [1.165, 1.54) is 16.8 Å². The summed E-state index contributed by atoms with van der Waals surface area (Å²) in [6, 6.07) is 11.1. The van der Waals surface area contributed by atoms with Gasteiger partial charge in [-0.1, -0.05) is 50.2 Å². The van der Waals surface area contributed by atoms with Gasteiger partial charge >= 0.3 is 0 Å². The first-order valence-electron chi connectivity index (χ1n) is 12.9.